The maximum atomic E-state index is 13.9. The molecule has 3 amide bonds. The number of nitrogens with zero attached hydrogens (tertiary/aromatic N) is 1. The van der Waals surface area contributed by atoms with E-state index in [1.165, 1.54) is 0 Å². The molecule has 37 heavy (non-hydrogen) atoms. The van der Waals surface area contributed by atoms with Gasteiger partial charge in [0, 0.05) is 18.3 Å². The molecule has 0 heterocycles. The fourth-order valence-corrected chi connectivity index (χ4v) is 4.31. The second-order valence-electron chi connectivity index (χ2n) is 10.4. The van der Waals surface area contributed by atoms with Crippen molar-refractivity contribution in [2.75, 3.05) is 12.3 Å². The van der Waals surface area contributed by atoms with Crippen molar-refractivity contribution in [2.24, 2.45) is 0 Å². The molecule has 3 atom stereocenters. The van der Waals surface area contributed by atoms with Gasteiger partial charge in [-0.1, -0.05) is 70.4 Å². The highest BCUT2D eigenvalue weighted by molar-refractivity contribution is 7.80. The van der Waals surface area contributed by atoms with Crippen LogP contribution in [0, 0.1) is 0 Å². The highest BCUT2D eigenvalue weighted by Crippen LogP contribution is 2.25. The number of hydrogen-bond donors (Lipinski definition) is 3. The molecule has 208 valence electrons. The van der Waals surface area contributed by atoms with Gasteiger partial charge < -0.3 is 20.3 Å². The van der Waals surface area contributed by atoms with Crippen molar-refractivity contribution < 1.29 is 19.1 Å². The zero-order valence-corrected chi connectivity index (χ0v) is 24.4. The minimum atomic E-state index is -0.949. The summed E-state index contributed by atoms with van der Waals surface area (Å²) >= 11 is 4.35. The number of ether oxygens (including phenoxy) is 1. The van der Waals surface area contributed by atoms with Crippen LogP contribution in [0.15, 0.2) is 30.8 Å². The molecule has 0 bridgehead atoms. The Morgan fingerprint density at radius 1 is 1.11 bits per heavy atom. The second kappa shape index (κ2) is 16.4. The molecule has 0 aliphatic rings. The number of amides is 3. The number of nitrogens with one attached hydrogen (secondary N) is 2. The van der Waals surface area contributed by atoms with Crippen LogP contribution in [0.1, 0.15) is 97.2 Å². The lowest BCUT2D eigenvalue weighted by Gasteiger charge is -2.35. The Kier molecular flexibility index (Phi) is 14.4. The third kappa shape index (κ3) is 11.6. The van der Waals surface area contributed by atoms with E-state index in [1.54, 1.807) is 31.7 Å². The lowest BCUT2D eigenvalue weighted by molar-refractivity contribution is -0.142. The van der Waals surface area contributed by atoms with Gasteiger partial charge in [0.25, 0.3) is 0 Å². The number of benzene rings is 1. The van der Waals surface area contributed by atoms with E-state index in [0.717, 1.165) is 44.1 Å². The standard InChI is InChI=1S/C29H47N3O4S/c1-8-11-12-13-18-32(27(34)24(20-37)31-28(35)36-29(5,6)7)25(26(33)30-21(4)15-9-2)23-17-14-16-22(10-3)19-23/h10,14,16-17,19,21,24-25,37H,3,8-9,11-13,15,18,20H2,1-2,4-7H3,(H,30,33)(H,31,35). The average Bonchev–Trinajstić information content (AvgIpc) is 2.83. The Morgan fingerprint density at radius 2 is 1.81 bits per heavy atom. The van der Waals surface area contributed by atoms with Crippen LogP contribution in [0.25, 0.3) is 6.08 Å². The summed E-state index contributed by atoms with van der Waals surface area (Å²) in [4.78, 5) is 41.7. The summed E-state index contributed by atoms with van der Waals surface area (Å²) in [5, 5.41) is 5.75. The van der Waals surface area contributed by atoms with Crippen molar-refractivity contribution in [3.8, 4) is 0 Å². The number of carbonyl (C=O) groups is 3. The predicted octanol–water partition coefficient (Wildman–Crippen LogP) is 5.91. The number of rotatable bonds is 15. The molecule has 7 nitrogen and oxygen atoms in total. The molecule has 0 spiro atoms. The lowest BCUT2D eigenvalue weighted by atomic mass is 9.99. The molecule has 0 aromatic heterocycles. The molecule has 1 aromatic rings. The molecule has 0 aliphatic carbocycles. The zero-order chi connectivity index (χ0) is 28.0. The van der Waals surface area contributed by atoms with Crippen LogP contribution in [0.3, 0.4) is 0 Å². The molecule has 0 fully saturated rings. The fraction of sp³-hybridized carbons (Fsp3) is 0.621. The average molecular weight is 534 g/mol. The van der Waals surface area contributed by atoms with E-state index in [0.29, 0.717) is 12.1 Å². The van der Waals surface area contributed by atoms with Crippen molar-refractivity contribution in [3.63, 3.8) is 0 Å². The third-order valence-electron chi connectivity index (χ3n) is 5.84. The van der Waals surface area contributed by atoms with Crippen molar-refractivity contribution >= 4 is 36.6 Å². The molecule has 1 rings (SSSR count). The Balaban J connectivity index is 3.44. The normalized spacial score (nSPS) is 13.7. The van der Waals surface area contributed by atoms with Crippen LogP contribution in [0.4, 0.5) is 4.79 Å². The minimum Gasteiger partial charge on any atom is -0.444 e. The third-order valence-corrected chi connectivity index (χ3v) is 6.20. The predicted molar refractivity (Wildman–Crippen MR) is 155 cm³/mol. The monoisotopic (exact) mass is 533 g/mol. The minimum absolute atomic E-state index is 0.0415. The van der Waals surface area contributed by atoms with E-state index in [4.69, 9.17) is 4.74 Å². The van der Waals surface area contributed by atoms with Gasteiger partial charge in [-0.3, -0.25) is 9.59 Å². The van der Waals surface area contributed by atoms with Crippen LogP contribution in [0.2, 0.25) is 0 Å². The van der Waals surface area contributed by atoms with Gasteiger partial charge in [-0.2, -0.15) is 12.6 Å². The number of unbranched alkanes of at least 4 members (excludes halogenated alkanes) is 3. The van der Waals surface area contributed by atoms with Crippen LogP contribution < -0.4 is 10.6 Å². The topological polar surface area (TPSA) is 87.7 Å². The smallest absolute Gasteiger partial charge is 0.408 e. The van der Waals surface area contributed by atoms with Crippen molar-refractivity contribution in [1.29, 1.82) is 0 Å². The van der Waals surface area contributed by atoms with E-state index in [1.807, 2.05) is 31.2 Å². The quantitative estimate of drug-likeness (QED) is 0.193. The van der Waals surface area contributed by atoms with Gasteiger partial charge in [0.05, 0.1) is 0 Å². The Morgan fingerprint density at radius 3 is 2.38 bits per heavy atom. The van der Waals surface area contributed by atoms with E-state index < -0.39 is 23.8 Å². The molecule has 0 saturated heterocycles. The zero-order valence-electron chi connectivity index (χ0n) is 23.5. The van der Waals surface area contributed by atoms with Crippen LogP contribution in [-0.2, 0) is 14.3 Å². The summed E-state index contributed by atoms with van der Waals surface area (Å²) in [5.41, 5.74) is 0.836. The maximum absolute atomic E-state index is 13.9. The van der Waals surface area contributed by atoms with E-state index in [2.05, 4.69) is 43.7 Å². The molecular formula is C29H47N3O4S. The first-order valence-corrected chi connectivity index (χ1v) is 14.0. The second-order valence-corrected chi connectivity index (χ2v) is 10.8. The highest BCUT2D eigenvalue weighted by Gasteiger charge is 2.36. The van der Waals surface area contributed by atoms with E-state index in [9.17, 15) is 14.4 Å². The lowest BCUT2D eigenvalue weighted by Crippen LogP contribution is -2.54. The summed E-state index contributed by atoms with van der Waals surface area (Å²) in [6.07, 6.45) is 6.52. The highest BCUT2D eigenvalue weighted by atomic mass is 32.1. The molecule has 0 saturated carbocycles. The Labute approximate surface area is 229 Å². The van der Waals surface area contributed by atoms with Gasteiger partial charge in [-0.15, -0.1) is 0 Å². The molecule has 0 aliphatic heterocycles. The summed E-state index contributed by atoms with van der Waals surface area (Å²) in [6.45, 7) is 15.7. The number of hydrogen-bond acceptors (Lipinski definition) is 5. The molecule has 2 N–H and O–H groups in total. The molecule has 8 heteroatoms. The first kappa shape index (κ1) is 32.5. The number of thiol groups is 1. The van der Waals surface area contributed by atoms with Crippen molar-refractivity contribution in [2.45, 2.75) is 104 Å². The summed E-state index contributed by atoms with van der Waals surface area (Å²) in [6, 6.07) is 5.64. The SMILES string of the molecule is C=Cc1cccc(C(C(=O)NC(C)CCC)N(CCCCCC)C(=O)C(CS)NC(=O)OC(C)(C)C)c1. The van der Waals surface area contributed by atoms with Gasteiger partial charge in [0.2, 0.25) is 11.8 Å². The number of alkyl carbamates (subject to hydrolysis) is 1. The first-order chi connectivity index (χ1) is 17.5. The largest absolute Gasteiger partial charge is 0.444 e. The van der Waals surface area contributed by atoms with Gasteiger partial charge in [-0.05, 0) is 57.7 Å². The molecule has 0 radical (unpaired) electrons. The van der Waals surface area contributed by atoms with Crippen LogP contribution in [0.5, 0.6) is 0 Å². The van der Waals surface area contributed by atoms with Gasteiger partial charge in [0.1, 0.15) is 17.7 Å². The van der Waals surface area contributed by atoms with E-state index >= 15 is 0 Å². The summed E-state index contributed by atoms with van der Waals surface area (Å²) in [5.74, 6) is -0.553. The van der Waals surface area contributed by atoms with E-state index in [-0.39, 0.29) is 23.6 Å². The van der Waals surface area contributed by atoms with Gasteiger partial charge in [0.15, 0.2) is 0 Å². The molecular weight excluding hydrogens is 486 g/mol. The summed E-state index contributed by atoms with van der Waals surface area (Å²) in [7, 11) is 0. The Hall–Kier alpha value is -2.48. The van der Waals surface area contributed by atoms with Gasteiger partial charge in [-0.25, -0.2) is 4.79 Å². The Bertz CT molecular complexity index is 884. The van der Waals surface area contributed by atoms with Crippen molar-refractivity contribution in [3.05, 3.63) is 42.0 Å². The van der Waals surface area contributed by atoms with Gasteiger partial charge >= 0.3 is 6.09 Å². The molecule has 1 aromatic carbocycles. The molecule has 3 unspecified atom stereocenters. The summed E-state index contributed by atoms with van der Waals surface area (Å²) < 4.78 is 5.37. The van der Waals surface area contributed by atoms with Crippen LogP contribution in [-0.4, -0.2) is 52.8 Å². The maximum Gasteiger partial charge on any atom is 0.408 e. The van der Waals surface area contributed by atoms with Crippen LogP contribution >= 0.6 is 12.6 Å². The van der Waals surface area contributed by atoms with Crippen molar-refractivity contribution in [1.82, 2.24) is 15.5 Å². The first-order valence-electron chi connectivity index (χ1n) is 13.4. The number of carbonyl (C=O) groups excluding carboxylic acids is 3. The fourth-order valence-electron chi connectivity index (χ4n) is 4.07.